The molecular weight excluding hydrogens is 262 g/mol. The fourth-order valence-electron chi connectivity index (χ4n) is 2.59. The average Bonchev–Trinajstić information content (AvgIpc) is 2.97. The second kappa shape index (κ2) is 6.19. The molecule has 2 aromatic carbocycles. The molecule has 1 heterocycles. The van der Waals surface area contributed by atoms with Crippen LogP contribution in [0.25, 0.3) is 0 Å². The number of aryl methyl sites for hydroxylation is 1. The van der Waals surface area contributed by atoms with Gasteiger partial charge in [-0.1, -0.05) is 42.8 Å². The molecule has 0 bridgehead atoms. The standard InChI is InChI=1S/C18H21NO2/c1-3-16(15-7-4-13(2)5-8-15)19-11-14-6-9-17-18(10-14)21-12-20-17/h4-10,16,19H,3,11-12H2,1-2H3. The van der Waals surface area contributed by atoms with E-state index in [2.05, 4.69) is 55.6 Å². The molecule has 0 radical (unpaired) electrons. The monoisotopic (exact) mass is 283 g/mol. The third-order valence-electron chi connectivity index (χ3n) is 3.88. The van der Waals surface area contributed by atoms with Crippen LogP contribution in [0.1, 0.15) is 36.1 Å². The number of hydrogen-bond donors (Lipinski definition) is 1. The first-order chi connectivity index (χ1) is 10.3. The molecule has 0 aliphatic carbocycles. The highest BCUT2D eigenvalue weighted by molar-refractivity contribution is 5.44. The van der Waals surface area contributed by atoms with E-state index in [-0.39, 0.29) is 0 Å². The quantitative estimate of drug-likeness (QED) is 0.900. The van der Waals surface area contributed by atoms with Crippen LogP contribution >= 0.6 is 0 Å². The molecular formula is C18H21NO2. The van der Waals surface area contributed by atoms with Crippen molar-refractivity contribution in [2.24, 2.45) is 0 Å². The van der Waals surface area contributed by atoms with E-state index in [0.29, 0.717) is 12.8 Å². The minimum Gasteiger partial charge on any atom is -0.454 e. The molecule has 0 aromatic heterocycles. The van der Waals surface area contributed by atoms with Gasteiger partial charge < -0.3 is 14.8 Å². The van der Waals surface area contributed by atoms with Crippen molar-refractivity contribution in [3.8, 4) is 11.5 Å². The van der Waals surface area contributed by atoms with Gasteiger partial charge in [-0.15, -0.1) is 0 Å². The third kappa shape index (κ3) is 3.19. The van der Waals surface area contributed by atoms with Crippen LogP contribution in [0.4, 0.5) is 0 Å². The van der Waals surface area contributed by atoms with Crippen LogP contribution in [0.3, 0.4) is 0 Å². The SMILES string of the molecule is CCC(NCc1ccc2c(c1)OCO2)c1ccc(C)cc1. The summed E-state index contributed by atoms with van der Waals surface area (Å²) in [5.74, 6) is 1.68. The highest BCUT2D eigenvalue weighted by Gasteiger charge is 2.14. The van der Waals surface area contributed by atoms with Gasteiger partial charge in [0, 0.05) is 12.6 Å². The van der Waals surface area contributed by atoms with Gasteiger partial charge in [-0.2, -0.15) is 0 Å². The van der Waals surface area contributed by atoms with Crippen molar-refractivity contribution < 1.29 is 9.47 Å². The van der Waals surface area contributed by atoms with E-state index in [4.69, 9.17) is 9.47 Å². The molecule has 3 rings (SSSR count). The molecule has 0 saturated heterocycles. The van der Waals surface area contributed by atoms with Crippen LogP contribution in [0, 0.1) is 6.92 Å². The molecule has 1 atom stereocenters. The Morgan fingerprint density at radius 1 is 1.05 bits per heavy atom. The Morgan fingerprint density at radius 3 is 2.57 bits per heavy atom. The van der Waals surface area contributed by atoms with Gasteiger partial charge in [0.2, 0.25) is 6.79 Å². The summed E-state index contributed by atoms with van der Waals surface area (Å²) in [6.45, 7) is 5.47. The lowest BCUT2D eigenvalue weighted by atomic mass is 10.0. The molecule has 1 unspecified atom stereocenters. The topological polar surface area (TPSA) is 30.5 Å². The molecule has 0 saturated carbocycles. The number of nitrogens with one attached hydrogen (secondary N) is 1. The van der Waals surface area contributed by atoms with Gasteiger partial charge in [-0.3, -0.25) is 0 Å². The first-order valence-corrected chi connectivity index (χ1v) is 7.44. The fraction of sp³-hybridized carbons (Fsp3) is 0.333. The molecule has 110 valence electrons. The van der Waals surface area contributed by atoms with Gasteiger partial charge in [-0.05, 0) is 36.6 Å². The second-order valence-corrected chi connectivity index (χ2v) is 5.44. The van der Waals surface area contributed by atoms with Crippen LogP contribution in [0.15, 0.2) is 42.5 Å². The molecule has 21 heavy (non-hydrogen) atoms. The third-order valence-corrected chi connectivity index (χ3v) is 3.88. The van der Waals surface area contributed by atoms with Crippen molar-refractivity contribution in [2.45, 2.75) is 32.9 Å². The van der Waals surface area contributed by atoms with Gasteiger partial charge in [-0.25, -0.2) is 0 Å². The summed E-state index contributed by atoms with van der Waals surface area (Å²) >= 11 is 0. The molecule has 3 nitrogen and oxygen atoms in total. The normalized spacial score (nSPS) is 14.2. The maximum absolute atomic E-state index is 5.42. The van der Waals surface area contributed by atoms with Crippen LogP contribution < -0.4 is 14.8 Å². The van der Waals surface area contributed by atoms with Gasteiger partial charge in [0.15, 0.2) is 11.5 Å². The molecule has 0 spiro atoms. The summed E-state index contributed by atoms with van der Waals surface area (Å²) in [6, 6.07) is 15.2. The lowest BCUT2D eigenvalue weighted by molar-refractivity contribution is 0.174. The summed E-state index contributed by atoms with van der Waals surface area (Å²) in [4.78, 5) is 0. The van der Waals surface area contributed by atoms with Gasteiger partial charge in [0.25, 0.3) is 0 Å². The zero-order valence-electron chi connectivity index (χ0n) is 12.6. The lowest BCUT2D eigenvalue weighted by Crippen LogP contribution is -2.20. The highest BCUT2D eigenvalue weighted by Crippen LogP contribution is 2.32. The van der Waals surface area contributed by atoms with Crippen molar-refractivity contribution in [1.82, 2.24) is 5.32 Å². The molecule has 1 N–H and O–H groups in total. The number of hydrogen-bond acceptors (Lipinski definition) is 3. The maximum atomic E-state index is 5.42. The highest BCUT2D eigenvalue weighted by atomic mass is 16.7. The Balaban J connectivity index is 1.66. The van der Waals surface area contributed by atoms with Crippen molar-refractivity contribution >= 4 is 0 Å². The number of fused-ring (bicyclic) bond motifs is 1. The summed E-state index contributed by atoms with van der Waals surface area (Å²) in [5, 5.41) is 3.62. The van der Waals surface area contributed by atoms with E-state index in [1.165, 1.54) is 16.7 Å². The van der Waals surface area contributed by atoms with Crippen LogP contribution in [-0.4, -0.2) is 6.79 Å². The summed E-state index contributed by atoms with van der Waals surface area (Å²) < 4.78 is 10.8. The molecule has 1 aliphatic rings. The largest absolute Gasteiger partial charge is 0.454 e. The molecule has 0 amide bonds. The molecule has 3 heteroatoms. The Labute approximate surface area is 125 Å². The Kier molecular flexibility index (Phi) is 4.11. The molecule has 2 aromatic rings. The lowest BCUT2D eigenvalue weighted by Gasteiger charge is -2.18. The van der Waals surface area contributed by atoms with Crippen molar-refractivity contribution in [1.29, 1.82) is 0 Å². The smallest absolute Gasteiger partial charge is 0.231 e. The van der Waals surface area contributed by atoms with Gasteiger partial charge >= 0.3 is 0 Å². The minimum atomic E-state index is 0.327. The average molecular weight is 283 g/mol. The van der Waals surface area contributed by atoms with E-state index in [0.717, 1.165) is 24.5 Å². The van der Waals surface area contributed by atoms with E-state index >= 15 is 0 Å². The Hall–Kier alpha value is -2.00. The summed E-state index contributed by atoms with van der Waals surface area (Å²) in [5.41, 5.74) is 3.85. The summed E-state index contributed by atoms with van der Waals surface area (Å²) in [6.07, 6.45) is 1.06. The van der Waals surface area contributed by atoms with Crippen molar-refractivity contribution in [3.63, 3.8) is 0 Å². The first-order valence-electron chi connectivity index (χ1n) is 7.44. The zero-order valence-corrected chi connectivity index (χ0v) is 12.6. The Morgan fingerprint density at radius 2 is 1.81 bits per heavy atom. The first kappa shape index (κ1) is 14.0. The van der Waals surface area contributed by atoms with Crippen LogP contribution in [0.2, 0.25) is 0 Å². The molecule has 0 fully saturated rings. The predicted molar refractivity (Wildman–Crippen MR) is 83.6 cm³/mol. The summed E-state index contributed by atoms with van der Waals surface area (Å²) in [7, 11) is 0. The zero-order chi connectivity index (χ0) is 14.7. The van der Waals surface area contributed by atoms with E-state index in [1.54, 1.807) is 0 Å². The molecule has 1 aliphatic heterocycles. The van der Waals surface area contributed by atoms with Crippen molar-refractivity contribution in [2.75, 3.05) is 6.79 Å². The van der Waals surface area contributed by atoms with E-state index in [1.807, 2.05) is 6.07 Å². The van der Waals surface area contributed by atoms with E-state index in [9.17, 15) is 0 Å². The van der Waals surface area contributed by atoms with Gasteiger partial charge in [0.05, 0.1) is 0 Å². The van der Waals surface area contributed by atoms with Crippen LogP contribution in [-0.2, 0) is 6.54 Å². The maximum Gasteiger partial charge on any atom is 0.231 e. The predicted octanol–water partition coefficient (Wildman–Crippen LogP) is 3.96. The van der Waals surface area contributed by atoms with Gasteiger partial charge in [0.1, 0.15) is 0 Å². The number of rotatable bonds is 5. The minimum absolute atomic E-state index is 0.327. The van der Waals surface area contributed by atoms with E-state index < -0.39 is 0 Å². The Bertz CT molecular complexity index is 607. The second-order valence-electron chi connectivity index (χ2n) is 5.44. The number of ether oxygens (including phenoxy) is 2. The fourth-order valence-corrected chi connectivity index (χ4v) is 2.59. The van der Waals surface area contributed by atoms with Crippen molar-refractivity contribution in [3.05, 3.63) is 59.2 Å². The van der Waals surface area contributed by atoms with Crippen LogP contribution in [0.5, 0.6) is 11.5 Å². The number of benzene rings is 2.